The van der Waals surface area contributed by atoms with Gasteiger partial charge < -0.3 is 0 Å². The van der Waals surface area contributed by atoms with Gasteiger partial charge in [-0.15, -0.1) is 0 Å². The van der Waals surface area contributed by atoms with Gasteiger partial charge in [0.2, 0.25) is 0 Å². The van der Waals surface area contributed by atoms with Gasteiger partial charge in [-0.05, 0) is 95.7 Å². The number of fused-ring (bicyclic) bond motifs is 9. The Morgan fingerprint density at radius 2 is 0.787 bits per heavy atom. The summed E-state index contributed by atoms with van der Waals surface area (Å²) in [6, 6.07) is 75.4. The number of nitriles is 1. The Morgan fingerprint density at radius 3 is 1.39 bits per heavy atom. The molecule has 10 aromatic rings. The Bertz CT molecular complexity index is 3300. The number of hydrogen-bond donors (Lipinski definition) is 0. The second-order valence-electron chi connectivity index (χ2n) is 15.8. The van der Waals surface area contributed by atoms with Gasteiger partial charge in [0.25, 0.3) is 0 Å². The van der Waals surface area contributed by atoms with Gasteiger partial charge in [-0.25, -0.2) is 15.0 Å². The number of rotatable bonds is 5. The van der Waals surface area contributed by atoms with E-state index < -0.39 is 5.41 Å². The molecule has 0 saturated carbocycles. The molecular formula is C57H34N4. The molecule has 4 nitrogen and oxygen atoms in total. The first-order valence-electron chi connectivity index (χ1n) is 20.6. The van der Waals surface area contributed by atoms with E-state index in [4.69, 9.17) is 15.0 Å². The number of hydrogen-bond acceptors (Lipinski definition) is 4. The first-order valence-corrected chi connectivity index (χ1v) is 20.6. The smallest absolute Gasteiger partial charge is 0.164 e. The molecule has 282 valence electrons. The SMILES string of the molecule is N#Cc1ccc(-c2ccc3c4c(cccc24)C2(c4ccccc4-c4ccccc42)c2cc(-c4ccc(-c5nc(-c6ccccc6)nc(-c6ccccc6)n5)cc4)ccc2-3)cc1. The van der Waals surface area contributed by atoms with Gasteiger partial charge in [0.05, 0.1) is 17.0 Å². The van der Waals surface area contributed by atoms with Crippen LogP contribution in [0.3, 0.4) is 0 Å². The van der Waals surface area contributed by atoms with Crippen molar-refractivity contribution in [3.8, 4) is 84.7 Å². The lowest BCUT2D eigenvalue weighted by molar-refractivity contribution is 0.774. The molecule has 61 heavy (non-hydrogen) atoms. The summed E-state index contributed by atoms with van der Waals surface area (Å²) >= 11 is 0. The van der Waals surface area contributed by atoms with Gasteiger partial charge in [0.15, 0.2) is 17.5 Å². The molecule has 1 heterocycles. The summed E-state index contributed by atoms with van der Waals surface area (Å²) in [5.74, 6) is 1.92. The molecule has 0 unspecified atom stereocenters. The highest BCUT2D eigenvalue weighted by Gasteiger charge is 2.50. The zero-order chi connectivity index (χ0) is 40.5. The third-order valence-electron chi connectivity index (χ3n) is 12.6. The van der Waals surface area contributed by atoms with E-state index in [0.29, 0.717) is 23.0 Å². The van der Waals surface area contributed by atoms with E-state index in [-0.39, 0.29) is 0 Å². The number of nitrogens with zero attached hydrogens (tertiary/aromatic N) is 4. The Morgan fingerprint density at radius 1 is 0.328 bits per heavy atom. The van der Waals surface area contributed by atoms with Crippen molar-refractivity contribution in [2.24, 2.45) is 0 Å². The minimum atomic E-state index is -0.555. The summed E-state index contributed by atoms with van der Waals surface area (Å²) in [5.41, 5.74) is 17.6. The largest absolute Gasteiger partial charge is 0.208 e. The van der Waals surface area contributed by atoms with Crippen LogP contribution in [0.2, 0.25) is 0 Å². The Labute approximate surface area is 353 Å². The van der Waals surface area contributed by atoms with Crippen LogP contribution in [0.4, 0.5) is 0 Å². The van der Waals surface area contributed by atoms with Crippen LogP contribution in [0.5, 0.6) is 0 Å². The molecular weight excluding hydrogens is 741 g/mol. The van der Waals surface area contributed by atoms with E-state index in [2.05, 4.69) is 140 Å². The third-order valence-corrected chi connectivity index (χ3v) is 12.6. The van der Waals surface area contributed by atoms with E-state index in [9.17, 15) is 5.26 Å². The lowest BCUT2D eigenvalue weighted by Gasteiger charge is -2.40. The van der Waals surface area contributed by atoms with Crippen LogP contribution in [-0.2, 0) is 5.41 Å². The monoisotopic (exact) mass is 774 g/mol. The average molecular weight is 775 g/mol. The lowest BCUT2D eigenvalue weighted by atomic mass is 9.61. The highest BCUT2D eigenvalue weighted by atomic mass is 15.0. The molecule has 0 aliphatic heterocycles. The fourth-order valence-corrected chi connectivity index (χ4v) is 9.90. The highest BCUT2D eigenvalue weighted by Crippen LogP contribution is 2.62. The minimum absolute atomic E-state index is 0.555. The average Bonchev–Trinajstić information content (AvgIpc) is 3.64. The first kappa shape index (κ1) is 34.8. The zero-order valence-electron chi connectivity index (χ0n) is 32.9. The summed E-state index contributed by atoms with van der Waals surface area (Å²) in [5, 5.41) is 12.0. The quantitative estimate of drug-likeness (QED) is 0.175. The van der Waals surface area contributed by atoms with Crippen molar-refractivity contribution in [3.05, 3.63) is 234 Å². The molecule has 0 saturated heterocycles. The maximum atomic E-state index is 9.54. The minimum Gasteiger partial charge on any atom is -0.208 e. The second-order valence-corrected chi connectivity index (χ2v) is 15.8. The van der Waals surface area contributed by atoms with Crippen molar-refractivity contribution in [1.82, 2.24) is 15.0 Å². The number of aromatic nitrogens is 3. The Balaban J connectivity index is 1.04. The molecule has 1 aromatic heterocycles. The Kier molecular flexibility index (Phi) is 7.78. The topological polar surface area (TPSA) is 62.5 Å². The van der Waals surface area contributed by atoms with Gasteiger partial charge in [0.1, 0.15) is 0 Å². The molecule has 0 N–H and O–H groups in total. The molecule has 0 amide bonds. The molecule has 0 bridgehead atoms. The predicted molar refractivity (Wildman–Crippen MR) is 246 cm³/mol. The van der Waals surface area contributed by atoms with Crippen LogP contribution in [0, 0.1) is 11.3 Å². The summed E-state index contributed by atoms with van der Waals surface area (Å²) in [6.07, 6.45) is 0. The summed E-state index contributed by atoms with van der Waals surface area (Å²) in [6.45, 7) is 0. The highest BCUT2D eigenvalue weighted by molar-refractivity contribution is 6.12. The zero-order valence-corrected chi connectivity index (χ0v) is 32.9. The van der Waals surface area contributed by atoms with Crippen LogP contribution >= 0.6 is 0 Å². The fraction of sp³-hybridized carbons (Fsp3) is 0.0175. The molecule has 2 aliphatic carbocycles. The normalized spacial score (nSPS) is 12.7. The second kappa shape index (κ2) is 13.7. The predicted octanol–water partition coefficient (Wildman–Crippen LogP) is 13.6. The molecule has 0 fully saturated rings. The maximum Gasteiger partial charge on any atom is 0.164 e. The summed E-state index contributed by atoms with van der Waals surface area (Å²) in [4.78, 5) is 14.9. The van der Waals surface area contributed by atoms with E-state index in [1.165, 1.54) is 55.3 Å². The molecule has 0 radical (unpaired) electrons. The van der Waals surface area contributed by atoms with E-state index in [1.54, 1.807) is 0 Å². The van der Waals surface area contributed by atoms with Crippen molar-refractivity contribution in [2.45, 2.75) is 5.41 Å². The van der Waals surface area contributed by atoms with Gasteiger partial charge in [-0.1, -0.05) is 188 Å². The van der Waals surface area contributed by atoms with E-state index in [1.807, 2.05) is 72.8 Å². The van der Waals surface area contributed by atoms with Crippen molar-refractivity contribution >= 4 is 10.8 Å². The number of benzene rings is 9. The van der Waals surface area contributed by atoms with Crippen LogP contribution < -0.4 is 0 Å². The molecule has 0 atom stereocenters. The Hall–Kier alpha value is -8.26. The van der Waals surface area contributed by atoms with Crippen molar-refractivity contribution in [2.75, 3.05) is 0 Å². The van der Waals surface area contributed by atoms with Crippen LogP contribution in [0.1, 0.15) is 27.8 Å². The van der Waals surface area contributed by atoms with Gasteiger partial charge >= 0.3 is 0 Å². The van der Waals surface area contributed by atoms with Crippen molar-refractivity contribution < 1.29 is 0 Å². The fourth-order valence-electron chi connectivity index (χ4n) is 9.90. The van der Waals surface area contributed by atoms with E-state index in [0.717, 1.165) is 38.9 Å². The third kappa shape index (κ3) is 5.28. The summed E-state index contributed by atoms with van der Waals surface area (Å²) in [7, 11) is 0. The molecule has 2 aliphatic rings. The van der Waals surface area contributed by atoms with Crippen LogP contribution in [0.15, 0.2) is 206 Å². The van der Waals surface area contributed by atoms with Gasteiger partial charge in [-0.3, -0.25) is 0 Å². The maximum absolute atomic E-state index is 9.54. The standard InChI is InChI=1S/C57H34N4/c58-35-36-22-24-38(25-23-36)43-32-33-48-46-31-30-42(34-52(46)57(51-21-11-18-47(43)53(48)51)49-19-9-7-16-44(49)45-17-8-10-20-50(45)57)37-26-28-41(29-27-37)56-60-54(39-12-3-1-4-13-39)59-55(61-56)40-14-5-2-6-15-40/h1-34H. The molecule has 12 rings (SSSR count). The van der Waals surface area contributed by atoms with Gasteiger partial charge in [0, 0.05) is 16.7 Å². The van der Waals surface area contributed by atoms with Crippen molar-refractivity contribution in [1.29, 1.82) is 5.26 Å². The first-order chi connectivity index (χ1) is 30.2. The lowest BCUT2D eigenvalue weighted by Crippen LogP contribution is -2.32. The van der Waals surface area contributed by atoms with Crippen molar-refractivity contribution in [3.63, 3.8) is 0 Å². The van der Waals surface area contributed by atoms with Gasteiger partial charge in [-0.2, -0.15) is 5.26 Å². The van der Waals surface area contributed by atoms with Crippen LogP contribution in [-0.4, -0.2) is 15.0 Å². The summed E-state index contributed by atoms with van der Waals surface area (Å²) < 4.78 is 0. The molecule has 9 aromatic carbocycles. The molecule has 1 spiro atoms. The molecule has 4 heteroatoms. The van der Waals surface area contributed by atoms with E-state index >= 15 is 0 Å². The van der Waals surface area contributed by atoms with Crippen LogP contribution in [0.25, 0.3) is 89.4 Å².